The number of aryl methyl sites for hydroxylation is 1. The number of nitrogens with zero attached hydrogens (tertiary/aromatic N) is 3. The first-order chi connectivity index (χ1) is 8.78. The van der Waals surface area contributed by atoms with E-state index in [2.05, 4.69) is 15.0 Å². The van der Waals surface area contributed by atoms with Crippen LogP contribution in [-0.4, -0.2) is 21.6 Å². The van der Waals surface area contributed by atoms with Crippen molar-refractivity contribution in [2.24, 2.45) is 5.73 Å². The Morgan fingerprint density at radius 2 is 1.78 bits per heavy atom. The van der Waals surface area contributed by atoms with Crippen LogP contribution in [0, 0.1) is 6.92 Å². The molecule has 1 aromatic heterocycles. The molecule has 0 amide bonds. The quantitative estimate of drug-likeness (QED) is 0.857. The van der Waals surface area contributed by atoms with Gasteiger partial charge in [-0.05, 0) is 19.1 Å². The molecule has 0 aliphatic carbocycles. The lowest BCUT2D eigenvalue weighted by Crippen LogP contribution is -2.12. The van der Waals surface area contributed by atoms with Crippen LogP contribution in [0.5, 0.6) is 5.75 Å². The third-order valence-corrected chi connectivity index (χ3v) is 2.36. The molecule has 0 saturated heterocycles. The lowest BCUT2D eigenvalue weighted by molar-refractivity contribution is 0.318. The maximum Gasteiger partial charge on any atom is 0.146 e. The zero-order valence-electron chi connectivity index (χ0n) is 10.3. The van der Waals surface area contributed by atoms with Crippen molar-refractivity contribution in [3.63, 3.8) is 0 Å². The summed E-state index contributed by atoms with van der Waals surface area (Å²) in [4.78, 5) is 12.6. The first-order valence-electron chi connectivity index (χ1n) is 5.86. The number of rotatable bonds is 5. The Labute approximate surface area is 106 Å². The molecule has 1 heterocycles. The van der Waals surface area contributed by atoms with E-state index in [-0.39, 0.29) is 0 Å². The Morgan fingerprint density at radius 3 is 2.50 bits per heavy atom. The number of ether oxygens (including phenoxy) is 1. The first-order valence-corrected chi connectivity index (χ1v) is 5.86. The van der Waals surface area contributed by atoms with E-state index in [0.29, 0.717) is 31.2 Å². The molecular formula is C13H16N4O. The summed E-state index contributed by atoms with van der Waals surface area (Å²) in [5.74, 6) is 2.89. The van der Waals surface area contributed by atoms with Gasteiger partial charge in [0.25, 0.3) is 0 Å². The summed E-state index contributed by atoms with van der Waals surface area (Å²) < 4.78 is 5.59. The molecule has 0 radical (unpaired) electrons. The molecular weight excluding hydrogens is 228 g/mol. The van der Waals surface area contributed by atoms with Gasteiger partial charge in [-0.3, -0.25) is 0 Å². The molecule has 0 aliphatic rings. The topological polar surface area (TPSA) is 73.9 Å². The molecule has 5 heteroatoms. The predicted molar refractivity (Wildman–Crippen MR) is 68.1 cm³/mol. The Bertz CT molecular complexity index is 502. The van der Waals surface area contributed by atoms with E-state index < -0.39 is 0 Å². The highest BCUT2D eigenvalue weighted by Crippen LogP contribution is 2.08. The molecule has 0 unspecified atom stereocenters. The molecule has 0 saturated carbocycles. The highest BCUT2D eigenvalue weighted by atomic mass is 16.5. The van der Waals surface area contributed by atoms with E-state index in [0.717, 1.165) is 11.6 Å². The van der Waals surface area contributed by atoms with Crippen LogP contribution >= 0.6 is 0 Å². The van der Waals surface area contributed by atoms with Crippen molar-refractivity contribution in [1.82, 2.24) is 15.0 Å². The summed E-state index contributed by atoms with van der Waals surface area (Å²) >= 11 is 0. The molecule has 0 atom stereocenters. The first kappa shape index (κ1) is 12.4. The van der Waals surface area contributed by atoms with Gasteiger partial charge in [-0.15, -0.1) is 0 Å². The van der Waals surface area contributed by atoms with Gasteiger partial charge in [0, 0.05) is 6.42 Å². The second kappa shape index (κ2) is 6.07. The molecule has 0 fully saturated rings. The highest BCUT2D eigenvalue weighted by molar-refractivity contribution is 5.20. The minimum Gasteiger partial charge on any atom is -0.493 e. The van der Waals surface area contributed by atoms with Crippen LogP contribution in [0.3, 0.4) is 0 Å². The molecule has 5 nitrogen and oxygen atoms in total. The van der Waals surface area contributed by atoms with E-state index >= 15 is 0 Å². The summed E-state index contributed by atoms with van der Waals surface area (Å²) in [6.07, 6.45) is 0.644. The lowest BCUT2D eigenvalue weighted by atomic mass is 10.3. The fraction of sp³-hybridized carbons (Fsp3) is 0.308. The maximum atomic E-state index is 5.59. The van der Waals surface area contributed by atoms with Gasteiger partial charge < -0.3 is 10.5 Å². The maximum absolute atomic E-state index is 5.59. The molecule has 0 aliphatic heterocycles. The predicted octanol–water partition coefficient (Wildman–Crippen LogP) is 1.26. The fourth-order valence-corrected chi connectivity index (χ4v) is 1.58. The Kier molecular flexibility index (Phi) is 4.20. The number of hydrogen-bond donors (Lipinski definition) is 1. The average Bonchev–Trinajstić information content (AvgIpc) is 2.39. The van der Waals surface area contributed by atoms with Crippen LogP contribution < -0.4 is 10.5 Å². The molecule has 2 aromatic rings. The SMILES string of the molecule is Cc1nc(CN)nc(CCOc2ccccc2)n1. The second-order valence-corrected chi connectivity index (χ2v) is 3.83. The fourth-order valence-electron chi connectivity index (χ4n) is 1.58. The molecule has 94 valence electrons. The van der Waals surface area contributed by atoms with Gasteiger partial charge in [0.15, 0.2) is 0 Å². The number of benzene rings is 1. The Morgan fingerprint density at radius 1 is 1.06 bits per heavy atom. The van der Waals surface area contributed by atoms with Crippen LogP contribution in [0.25, 0.3) is 0 Å². The van der Waals surface area contributed by atoms with E-state index in [1.54, 1.807) is 0 Å². The van der Waals surface area contributed by atoms with Crippen molar-refractivity contribution < 1.29 is 4.74 Å². The summed E-state index contributed by atoms with van der Waals surface area (Å²) in [7, 11) is 0. The van der Waals surface area contributed by atoms with Crippen molar-refractivity contribution >= 4 is 0 Å². The standard InChI is InChI=1S/C13H16N4O/c1-10-15-12(17-13(9-14)16-10)7-8-18-11-5-3-2-4-6-11/h2-6H,7-9,14H2,1H3. The molecule has 1 aromatic carbocycles. The minimum absolute atomic E-state index is 0.329. The van der Waals surface area contributed by atoms with Gasteiger partial charge in [-0.1, -0.05) is 18.2 Å². The van der Waals surface area contributed by atoms with Gasteiger partial charge >= 0.3 is 0 Å². The van der Waals surface area contributed by atoms with Gasteiger partial charge in [-0.25, -0.2) is 15.0 Å². The molecule has 0 spiro atoms. The third kappa shape index (κ3) is 3.49. The second-order valence-electron chi connectivity index (χ2n) is 3.83. The van der Waals surface area contributed by atoms with Crippen molar-refractivity contribution in [3.05, 3.63) is 47.8 Å². The van der Waals surface area contributed by atoms with Crippen molar-refractivity contribution in [2.75, 3.05) is 6.61 Å². The molecule has 2 rings (SSSR count). The van der Waals surface area contributed by atoms with Crippen LogP contribution in [0.15, 0.2) is 30.3 Å². The zero-order valence-corrected chi connectivity index (χ0v) is 10.3. The minimum atomic E-state index is 0.329. The van der Waals surface area contributed by atoms with Crippen LogP contribution in [-0.2, 0) is 13.0 Å². The summed E-state index contributed by atoms with van der Waals surface area (Å²) in [5, 5.41) is 0. The molecule has 18 heavy (non-hydrogen) atoms. The Hall–Kier alpha value is -2.01. The summed E-state index contributed by atoms with van der Waals surface area (Å²) in [6.45, 7) is 2.70. The van der Waals surface area contributed by atoms with Gasteiger partial charge in [0.2, 0.25) is 0 Å². The van der Waals surface area contributed by atoms with E-state index in [1.807, 2.05) is 37.3 Å². The monoisotopic (exact) mass is 244 g/mol. The number of nitrogens with two attached hydrogens (primary N) is 1. The van der Waals surface area contributed by atoms with E-state index in [9.17, 15) is 0 Å². The summed E-state index contributed by atoms with van der Waals surface area (Å²) in [6, 6.07) is 9.67. The largest absolute Gasteiger partial charge is 0.493 e. The van der Waals surface area contributed by atoms with Crippen molar-refractivity contribution in [2.45, 2.75) is 19.9 Å². The smallest absolute Gasteiger partial charge is 0.146 e. The summed E-state index contributed by atoms with van der Waals surface area (Å²) in [5.41, 5.74) is 5.52. The molecule has 0 bridgehead atoms. The van der Waals surface area contributed by atoms with E-state index in [1.165, 1.54) is 0 Å². The van der Waals surface area contributed by atoms with Gasteiger partial charge in [-0.2, -0.15) is 0 Å². The van der Waals surface area contributed by atoms with Crippen LogP contribution in [0.4, 0.5) is 0 Å². The normalized spacial score (nSPS) is 10.3. The van der Waals surface area contributed by atoms with Gasteiger partial charge in [0.1, 0.15) is 23.2 Å². The number of para-hydroxylation sites is 1. The third-order valence-electron chi connectivity index (χ3n) is 2.36. The van der Waals surface area contributed by atoms with Crippen molar-refractivity contribution in [3.8, 4) is 5.75 Å². The van der Waals surface area contributed by atoms with Crippen molar-refractivity contribution in [1.29, 1.82) is 0 Å². The van der Waals surface area contributed by atoms with E-state index in [4.69, 9.17) is 10.5 Å². The van der Waals surface area contributed by atoms with Crippen LogP contribution in [0.1, 0.15) is 17.5 Å². The highest BCUT2D eigenvalue weighted by Gasteiger charge is 2.03. The Balaban J connectivity index is 1.92. The van der Waals surface area contributed by atoms with Crippen LogP contribution in [0.2, 0.25) is 0 Å². The number of aromatic nitrogens is 3. The lowest BCUT2D eigenvalue weighted by Gasteiger charge is -2.06. The van der Waals surface area contributed by atoms with Gasteiger partial charge in [0.05, 0.1) is 13.2 Å². The number of hydrogen-bond acceptors (Lipinski definition) is 5. The average molecular weight is 244 g/mol. The molecule has 2 N–H and O–H groups in total. The zero-order chi connectivity index (χ0) is 12.8.